The van der Waals surface area contributed by atoms with Crippen molar-refractivity contribution in [2.45, 2.75) is 19.3 Å². The van der Waals surface area contributed by atoms with Crippen LogP contribution in [0.15, 0.2) is 0 Å². The lowest BCUT2D eigenvalue weighted by molar-refractivity contribution is 0.366. The van der Waals surface area contributed by atoms with Crippen molar-refractivity contribution in [3.05, 3.63) is 11.1 Å². The van der Waals surface area contributed by atoms with Crippen LogP contribution in [0.4, 0.5) is 0 Å². The van der Waals surface area contributed by atoms with Crippen LogP contribution in [0.25, 0.3) is 0 Å². The molecule has 14 heavy (non-hydrogen) atoms. The van der Waals surface area contributed by atoms with Crippen LogP contribution in [0.5, 0.6) is 0 Å². The van der Waals surface area contributed by atoms with E-state index in [1.54, 1.807) is 4.68 Å². The maximum absolute atomic E-state index is 5.72. The summed E-state index contributed by atoms with van der Waals surface area (Å²) in [5, 5.41) is 7.77. The Hall–Kier alpha value is -0.610. The standard InChI is InChI=1S/C9H15ClN4/c1-14-8(12-9(10)13-14)5-7-3-2-4-11-6-7/h7,11H,2-6H2,1H3. The van der Waals surface area contributed by atoms with Gasteiger partial charge in [-0.05, 0) is 43.5 Å². The summed E-state index contributed by atoms with van der Waals surface area (Å²) in [4.78, 5) is 4.19. The van der Waals surface area contributed by atoms with Crippen LogP contribution in [0.1, 0.15) is 18.7 Å². The molecule has 1 aliphatic heterocycles. The highest BCUT2D eigenvalue weighted by atomic mass is 35.5. The number of aromatic nitrogens is 3. The monoisotopic (exact) mass is 214 g/mol. The first-order chi connectivity index (χ1) is 6.75. The topological polar surface area (TPSA) is 42.7 Å². The zero-order chi connectivity index (χ0) is 9.97. The predicted octanol–water partition coefficient (Wildman–Crippen LogP) is 1.01. The largest absolute Gasteiger partial charge is 0.316 e. The molecule has 1 N–H and O–H groups in total. The van der Waals surface area contributed by atoms with E-state index in [9.17, 15) is 0 Å². The SMILES string of the molecule is Cn1nc(Cl)nc1CC1CCCNC1. The molecule has 1 aromatic heterocycles. The van der Waals surface area contributed by atoms with Gasteiger partial charge in [0.2, 0.25) is 5.28 Å². The zero-order valence-electron chi connectivity index (χ0n) is 8.33. The van der Waals surface area contributed by atoms with Gasteiger partial charge in [-0.15, -0.1) is 5.10 Å². The molecular weight excluding hydrogens is 200 g/mol. The van der Waals surface area contributed by atoms with Crippen LogP contribution in [-0.2, 0) is 13.5 Å². The first-order valence-corrected chi connectivity index (χ1v) is 5.39. The molecule has 0 saturated carbocycles. The molecule has 1 aliphatic rings. The van der Waals surface area contributed by atoms with Crippen molar-refractivity contribution in [2.75, 3.05) is 13.1 Å². The van der Waals surface area contributed by atoms with Gasteiger partial charge in [0, 0.05) is 13.5 Å². The Balaban J connectivity index is 1.98. The number of rotatable bonds is 2. The Kier molecular flexibility index (Phi) is 3.03. The normalized spacial score (nSPS) is 22.6. The van der Waals surface area contributed by atoms with Crippen molar-refractivity contribution in [1.82, 2.24) is 20.1 Å². The van der Waals surface area contributed by atoms with E-state index in [1.807, 2.05) is 7.05 Å². The highest BCUT2D eigenvalue weighted by Crippen LogP contribution is 2.15. The molecule has 2 rings (SSSR count). The van der Waals surface area contributed by atoms with Gasteiger partial charge < -0.3 is 5.32 Å². The number of nitrogens with zero attached hydrogens (tertiary/aromatic N) is 3. The van der Waals surface area contributed by atoms with Crippen molar-refractivity contribution < 1.29 is 0 Å². The molecule has 1 atom stereocenters. The van der Waals surface area contributed by atoms with E-state index in [2.05, 4.69) is 15.4 Å². The molecule has 4 nitrogen and oxygen atoms in total. The lowest BCUT2D eigenvalue weighted by Gasteiger charge is -2.21. The van der Waals surface area contributed by atoms with Gasteiger partial charge in [-0.2, -0.15) is 0 Å². The average Bonchev–Trinajstić information content (AvgIpc) is 2.47. The number of nitrogens with one attached hydrogen (secondary N) is 1. The van der Waals surface area contributed by atoms with Crippen molar-refractivity contribution in [1.29, 1.82) is 0 Å². The number of halogens is 1. The summed E-state index contributed by atoms with van der Waals surface area (Å²) in [5.41, 5.74) is 0. The molecule has 0 radical (unpaired) electrons. The highest BCUT2D eigenvalue weighted by Gasteiger charge is 2.16. The zero-order valence-corrected chi connectivity index (χ0v) is 9.09. The van der Waals surface area contributed by atoms with Crippen LogP contribution in [0.2, 0.25) is 5.28 Å². The van der Waals surface area contributed by atoms with E-state index in [0.29, 0.717) is 11.2 Å². The molecule has 0 amide bonds. The average molecular weight is 215 g/mol. The first kappa shape index (κ1) is 9.93. The second kappa shape index (κ2) is 4.28. The van der Waals surface area contributed by atoms with Crippen LogP contribution in [0, 0.1) is 5.92 Å². The number of piperidine rings is 1. The van der Waals surface area contributed by atoms with E-state index in [-0.39, 0.29) is 0 Å². The van der Waals surface area contributed by atoms with Gasteiger partial charge in [0.15, 0.2) is 0 Å². The lowest BCUT2D eigenvalue weighted by atomic mass is 9.96. The Labute approximate surface area is 88.7 Å². The van der Waals surface area contributed by atoms with Crippen molar-refractivity contribution in [3.63, 3.8) is 0 Å². The van der Waals surface area contributed by atoms with Gasteiger partial charge >= 0.3 is 0 Å². The summed E-state index contributed by atoms with van der Waals surface area (Å²) < 4.78 is 1.77. The third-order valence-electron chi connectivity index (χ3n) is 2.70. The fourth-order valence-electron chi connectivity index (χ4n) is 1.92. The van der Waals surface area contributed by atoms with Crippen LogP contribution in [0.3, 0.4) is 0 Å². The minimum absolute atomic E-state index is 0.353. The molecule has 0 bridgehead atoms. The summed E-state index contributed by atoms with van der Waals surface area (Å²) >= 11 is 5.72. The smallest absolute Gasteiger partial charge is 0.242 e. The summed E-state index contributed by atoms with van der Waals surface area (Å²) in [6.45, 7) is 2.24. The molecule has 1 unspecified atom stereocenters. The minimum atomic E-state index is 0.353. The van der Waals surface area contributed by atoms with Gasteiger partial charge in [0.25, 0.3) is 0 Å². The molecular formula is C9H15ClN4. The highest BCUT2D eigenvalue weighted by molar-refractivity contribution is 6.28. The fraction of sp³-hybridized carbons (Fsp3) is 0.778. The third-order valence-corrected chi connectivity index (χ3v) is 2.86. The molecule has 0 aromatic carbocycles. The van der Waals surface area contributed by atoms with Gasteiger partial charge in [-0.3, -0.25) is 4.68 Å². The molecule has 2 heterocycles. The predicted molar refractivity (Wildman–Crippen MR) is 55.3 cm³/mol. The van der Waals surface area contributed by atoms with Crippen LogP contribution < -0.4 is 5.32 Å². The number of aryl methyl sites for hydroxylation is 1. The maximum atomic E-state index is 5.72. The van der Waals surface area contributed by atoms with Gasteiger partial charge in [-0.25, -0.2) is 4.98 Å². The van der Waals surface area contributed by atoms with Gasteiger partial charge in [0.1, 0.15) is 5.82 Å². The number of hydrogen-bond acceptors (Lipinski definition) is 3. The summed E-state index contributed by atoms with van der Waals surface area (Å²) in [7, 11) is 1.89. The first-order valence-electron chi connectivity index (χ1n) is 5.02. The van der Waals surface area contributed by atoms with Gasteiger partial charge in [0.05, 0.1) is 0 Å². The maximum Gasteiger partial charge on any atom is 0.242 e. The quantitative estimate of drug-likeness (QED) is 0.799. The second-order valence-corrected chi connectivity index (χ2v) is 4.18. The van der Waals surface area contributed by atoms with E-state index in [4.69, 9.17) is 11.6 Å². The Bertz CT molecular complexity index is 304. The summed E-state index contributed by atoms with van der Waals surface area (Å²) in [6, 6.07) is 0. The number of hydrogen-bond donors (Lipinski definition) is 1. The van der Waals surface area contributed by atoms with Crippen molar-refractivity contribution in [3.8, 4) is 0 Å². The second-order valence-electron chi connectivity index (χ2n) is 3.84. The van der Waals surface area contributed by atoms with Gasteiger partial charge in [-0.1, -0.05) is 0 Å². The summed E-state index contributed by atoms with van der Waals surface area (Å²) in [6.07, 6.45) is 3.51. The van der Waals surface area contributed by atoms with E-state index >= 15 is 0 Å². The summed E-state index contributed by atoms with van der Waals surface area (Å²) in [5.74, 6) is 1.67. The molecule has 0 spiro atoms. The van der Waals surface area contributed by atoms with E-state index in [0.717, 1.165) is 25.3 Å². The Morgan fingerprint density at radius 3 is 3.07 bits per heavy atom. The molecule has 5 heteroatoms. The van der Waals surface area contributed by atoms with E-state index in [1.165, 1.54) is 12.8 Å². The van der Waals surface area contributed by atoms with Crippen molar-refractivity contribution in [2.24, 2.45) is 13.0 Å². The molecule has 1 fully saturated rings. The minimum Gasteiger partial charge on any atom is -0.316 e. The van der Waals surface area contributed by atoms with E-state index < -0.39 is 0 Å². The van der Waals surface area contributed by atoms with Crippen molar-refractivity contribution >= 4 is 11.6 Å². The van der Waals surface area contributed by atoms with Crippen LogP contribution in [-0.4, -0.2) is 27.9 Å². The Morgan fingerprint density at radius 1 is 1.64 bits per heavy atom. The van der Waals surface area contributed by atoms with Crippen LogP contribution >= 0.6 is 11.6 Å². The third kappa shape index (κ3) is 2.25. The Morgan fingerprint density at radius 2 is 2.50 bits per heavy atom. The molecule has 0 aliphatic carbocycles. The lowest BCUT2D eigenvalue weighted by Crippen LogP contribution is -2.31. The molecule has 1 saturated heterocycles. The molecule has 1 aromatic rings. The fourth-order valence-corrected chi connectivity index (χ4v) is 2.13. The molecule has 78 valence electrons.